The molecule has 1 aliphatic rings. The van der Waals surface area contributed by atoms with Crippen LogP contribution in [0, 0.1) is 0 Å². The minimum Gasteiger partial charge on any atom is -0.465 e. The van der Waals surface area contributed by atoms with E-state index in [0.717, 1.165) is 41.6 Å². The number of esters is 1. The van der Waals surface area contributed by atoms with Crippen LogP contribution in [-0.2, 0) is 26.9 Å². The van der Waals surface area contributed by atoms with Gasteiger partial charge in [-0.05, 0) is 30.7 Å². The molecule has 1 aromatic carbocycles. The van der Waals surface area contributed by atoms with Crippen molar-refractivity contribution in [2.24, 2.45) is 0 Å². The first kappa shape index (κ1) is 23.1. The number of methoxy groups -OCH3 is 1. The highest BCUT2D eigenvalue weighted by Crippen LogP contribution is 2.41. The quantitative estimate of drug-likeness (QED) is 0.582. The SMILES string of the molecule is CCCc1cc(C(=O)OC)c(NC(=O)C[C@H]2Sc3ccc(C(F)(F)F)cc3NC2=O)s1. The van der Waals surface area contributed by atoms with Crippen LogP contribution in [0.25, 0.3) is 0 Å². The summed E-state index contributed by atoms with van der Waals surface area (Å²) in [5.74, 6) is -1.62. The molecule has 1 atom stereocenters. The van der Waals surface area contributed by atoms with Crippen molar-refractivity contribution in [3.63, 3.8) is 0 Å². The van der Waals surface area contributed by atoms with Gasteiger partial charge in [0, 0.05) is 16.2 Å². The first-order chi connectivity index (χ1) is 14.6. The van der Waals surface area contributed by atoms with Crippen LogP contribution in [0.2, 0.25) is 0 Å². The van der Waals surface area contributed by atoms with E-state index in [1.807, 2.05) is 6.92 Å². The predicted molar refractivity (Wildman–Crippen MR) is 113 cm³/mol. The average Bonchev–Trinajstić information content (AvgIpc) is 3.09. The summed E-state index contributed by atoms with van der Waals surface area (Å²) >= 11 is 2.29. The Morgan fingerprint density at radius 2 is 2.00 bits per heavy atom. The van der Waals surface area contributed by atoms with Crippen LogP contribution in [0.4, 0.5) is 23.9 Å². The highest BCUT2D eigenvalue weighted by molar-refractivity contribution is 8.01. The molecule has 0 fully saturated rings. The van der Waals surface area contributed by atoms with Gasteiger partial charge in [-0.15, -0.1) is 23.1 Å². The van der Waals surface area contributed by atoms with E-state index in [2.05, 4.69) is 10.6 Å². The lowest BCUT2D eigenvalue weighted by Crippen LogP contribution is -2.32. The van der Waals surface area contributed by atoms with Gasteiger partial charge in [0.1, 0.15) is 5.00 Å². The number of aryl methyl sites for hydroxylation is 1. The van der Waals surface area contributed by atoms with Gasteiger partial charge in [0.25, 0.3) is 0 Å². The predicted octanol–water partition coefficient (Wildman–Crippen LogP) is 4.95. The summed E-state index contributed by atoms with van der Waals surface area (Å²) in [7, 11) is 1.25. The third-order valence-corrected chi connectivity index (χ3v) is 6.82. The number of carbonyl (C=O) groups excluding carboxylic acids is 3. The molecule has 0 radical (unpaired) electrons. The largest absolute Gasteiger partial charge is 0.465 e. The number of alkyl halides is 3. The second kappa shape index (κ2) is 9.31. The van der Waals surface area contributed by atoms with E-state index in [4.69, 9.17) is 4.74 Å². The molecule has 2 aromatic rings. The number of hydrogen-bond donors (Lipinski definition) is 2. The molecule has 1 aliphatic heterocycles. The van der Waals surface area contributed by atoms with Crippen LogP contribution in [0.1, 0.15) is 40.6 Å². The summed E-state index contributed by atoms with van der Waals surface area (Å²) in [4.78, 5) is 38.3. The highest BCUT2D eigenvalue weighted by atomic mass is 32.2. The molecular weight excluding hydrogens is 453 g/mol. The van der Waals surface area contributed by atoms with Gasteiger partial charge in [-0.25, -0.2) is 4.79 Å². The highest BCUT2D eigenvalue weighted by Gasteiger charge is 2.34. The Kier molecular flexibility index (Phi) is 6.95. The normalized spacial score (nSPS) is 15.8. The number of fused-ring (bicyclic) bond motifs is 1. The van der Waals surface area contributed by atoms with Crippen molar-refractivity contribution in [1.82, 2.24) is 0 Å². The van der Waals surface area contributed by atoms with Crippen molar-refractivity contribution >= 4 is 51.6 Å². The second-order valence-corrected chi connectivity index (χ2v) is 9.14. The Bertz CT molecular complexity index is 1020. The van der Waals surface area contributed by atoms with E-state index < -0.39 is 34.8 Å². The molecule has 166 valence electrons. The fourth-order valence-corrected chi connectivity index (χ4v) is 5.23. The Hall–Kier alpha value is -2.53. The van der Waals surface area contributed by atoms with E-state index in [1.165, 1.54) is 24.5 Å². The number of nitrogens with one attached hydrogen (secondary N) is 2. The lowest BCUT2D eigenvalue weighted by molar-refractivity contribution is -0.137. The summed E-state index contributed by atoms with van der Waals surface area (Å²) in [5, 5.41) is 4.63. The topological polar surface area (TPSA) is 84.5 Å². The van der Waals surface area contributed by atoms with Crippen LogP contribution in [0.15, 0.2) is 29.2 Å². The first-order valence-corrected chi connectivity index (χ1v) is 11.0. The molecule has 0 bridgehead atoms. The van der Waals surface area contributed by atoms with Gasteiger partial charge in [-0.2, -0.15) is 13.2 Å². The van der Waals surface area contributed by atoms with Crippen molar-refractivity contribution in [3.8, 4) is 0 Å². The van der Waals surface area contributed by atoms with E-state index >= 15 is 0 Å². The number of amides is 2. The molecule has 2 N–H and O–H groups in total. The third kappa shape index (κ3) is 5.40. The second-order valence-electron chi connectivity index (χ2n) is 6.75. The van der Waals surface area contributed by atoms with E-state index in [1.54, 1.807) is 6.07 Å². The number of carbonyl (C=O) groups is 3. The number of hydrogen-bond acceptors (Lipinski definition) is 6. The van der Waals surface area contributed by atoms with Crippen molar-refractivity contribution < 1.29 is 32.3 Å². The zero-order chi connectivity index (χ0) is 22.8. The number of rotatable bonds is 6. The maximum atomic E-state index is 12.9. The fourth-order valence-electron chi connectivity index (χ4n) is 2.97. The van der Waals surface area contributed by atoms with Gasteiger partial charge in [-0.1, -0.05) is 13.3 Å². The Morgan fingerprint density at radius 3 is 2.65 bits per heavy atom. The lowest BCUT2D eigenvalue weighted by atomic mass is 10.1. The van der Waals surface area contributed by atoms with Gasteiger partial charge in [0.15, 0.2) is 0 Å². The molecule has 11 heteroatoms. The monoisotopic (exact) mass is 472 g/mol. The Morgan fingerprint density at radius 1 is 1.26 bits per heavy atom. The number of halogens is 3. The molecule has 0 spiro atoms. The van der Waals surface area contributed by atoms with Crippen LogP contribution < -0.4 is 10.6 Å². The zero-order valence-corrected chi connectivity index (χ0v) is 18.2. The molecule has 2 amide bonds. The average molecular weight is 473 g/mol. The molecular formula is C20H19F3N2O4S2. The molecule has 0 unspecified atom stereocenters. The molecule has 2 heterocycles. The molecule has 6 nitrogen and oxygen atoms in total. The van der Waals surface area contributed by atoms with Crippen molar-refractivity contribution in [3.05, 3.63) is 40.3 Å². The van der Waals surface area contributed by atoms with E-state index in [0.29, 0.717) is 9.90 Å². The van der Waals surface area contributed by atoms with Crippen molar-refractivity contribution in [2.45, 2.75) is 42.5 Å². The van der Waals surface area contributed by atoms with E-state index in [9.17, 15) is 27.6 Å². The number of anilines is 2. The van der Waals surface area contributed by atoms with Crippen molar-refractivity contribution in [1.29, 1.82) is 0 Å². The minimum absolute atomic E-state index is 0.0666. The number of ether oxygens (including phenoxy) is 1. The molecule has 0 saturated heterocycles. The van der Waals surface area contributed by atoms with Crippen LogP contribution in [0.3, 0.4) is 0 Å². The first-order valence-electron chi connectivity index (χ1n) is 9.32. The van der Waals surface area contributed by atoms with Gasteiger partial charge in [0.2, 0.25) is 11.8 Å². The molecule has 1 aromatic heterocycles. The van der Waals surface area contributed by atoms with Gasteiger partial charge in [0.05, 0.1) is 29.2 Å². The van der Waals surface area contributed by atoms with Crippen LogP contribution >= 0.6 is 23.1 Å². The zero-order valence-electron chi connectivity index (χ0n) is 16.6. The van der Waals surface area contributed by atoms with E-state index in [-0.39, 0.29) is 17.7 Å². The fraction of sp³-hybridized carbons (Fsp3) is 0.350. The maximum Gasteiger partial charge on any atom is 0.416 e. The number of benzene rings is 1. The third-order valence-electron chi connectivity index (χ3n) is 4.43. The minimum atomic E-state index is -4.52. The summed E-state index contributed by atoms with van der Waals surface area (Å²) in [5.41, 5.74) is -0.550. The smallest absolute Gasteiger partial charge is 0.416 e. The van der Waals surface area contributed by atoms with Crippen LogP contribution in [-0.4, -0.2) is 30.1 Å². The Balaban J connectivity index is 1.72. The number of thiophene rings is 1. The van der Waals surface area contributed by atoms with Crippen molar-refractivity contribution in [2.75, 3.05) is 17.7 Å². The van der Waals surface area contributed by atoms with Crippen LogP contribution in [0.5, 0.6) is 0 Å². The summed E-state index contributed by atoms with van der Waals surface area (Å²) in [6, 6.07) is 4.76. The van der Waals surface area contributed by atoms with Gasteiger partial charge in [-0.3, -0.25) is 9.59 Å². The molecule has 0 saturated carbocycles. The van der Waals surface area contributed by atoms with Gasteiger partial charge >= 0.3 is 12.1 Å². The lowest BCUT2D eigenvalue weighted by Gasteiger charge is -2.24. The Labute approximate surface area is 184 Å². The molecule has 0 aliphatic carbocycles. The van der Waals surface area contributed by atoms with Gasteiger partial charge < -0.3 is 15.4 Å². The molecule has 31 heavy (non-hydrogen) atoms. The molecule has 3 rings (SSSR count). The summed E-state index contributed by atoms with van der Waals surface area (Å²) in [6.07, 6.45) is -3.13. The standard InChI is InChI=1S/C20H19F3N2O4S2/c1-3-4-11-8-12(19(28)29-2)18(30-11)25-16(26)9-15-17(27)24-13-7-10(20(21,22)23)5-6-14(13)31-15/h5-8,15H,3-4,9H2,1-2H3,(H,24,27)(H,25,26)/t15-/m1/s1. The summed E-state index contributed by atoms with van der Waals surface area (Å²) in [6.45, 7) is 1.99. The summed E-state index contributed by atoms with van der Waals surface area (Å²) < 4.78 is 43.4. The number of thioether (sulfide) groups is 1. The maximum absolute atomic E-state index is 12.9.